The first kappa shape index (κ1) is 19.0. The third-order valence-electron chi connectivity index (χ3n) is 4.19. The van der Waals surface area contributed by atoms with Crippen LogP contribution in [0.3, 0.4) is 0 Å². The first-order chi connectivity index (χ1) is 12.8. The molecule has 0 aromatic heterocycles. The summed E-state index contributed by atoms with van der Waals surface area (Å²) in [5, 5.41) is 2.83. The Kier molecular flexibility index (Phi) is 5.24. The predicted molar refractivity (Wildman–Crippen MR) is 101 cm³/mol. The second-order valence-electron chi connectivity index (χ2n) is 6.17. The smallest absolute Gasteiger partial charge is 0.303 e. The average molecular weight is 391 g/mol. The Balaban J connectivity index is 1.64. The van der Waals surface area contributed by atoms with E-state index in [1.165, 1.54) is 21.1 Å². The van der Waals surface area contributed by atoms with Gasteiger partial charge in [0.05, 0.1) is 5.69 Å². The molecule has 0 bridgehead atoms. The Morgan fingerprint density at radius 3 is 2.37 bits per heavy atom. The number of anilines is 1. The first-order valence-corrected chi connectivity index (χ1v) is 9.62. The SMILES string of the molecule is CN(C)S(=O)(=O)N(C)c1ccc(C(=O)NCc2ccc3c(c2)OCO3)cc1. The standard InChI is InChI=1S/C18H21N3O5S/c1-20(2)27(23,24)21(3)15-7-5-14(6-8-15)18(22)19-11-13-4-9-16-17(10-13)26-12-25-16/h4-10H,11-12H2,1-3H3,(H,19,22). The van der Waals surface area contributed by atoms with Crippen LogP contribution in [0.1, 0.15) is 15.9 Å². The summed E-state index contributed by atoms with van der Waals surface area (Å²) in [7, 11) is 0.816. The van der Waals surface area contributed by atoms with Crippen LogP contribution in [0.25, 0.3) is 0 Å². The lowest BCUT2D eigenvalue weighted by Gasteiger charge is -2.23. The van der Waals surface area contributed by atoms with Crippen LogP contribution in [-0.4, -0.2) is 46.6 Å². The highest BCUT2D eigenvalue weighted by atomic mass is 32.2. The maximum absolute atomic E-state index is 12.3. The van der Waals surface area contributed by atoms with Crippen molar-refractivity contribution >= 4 is 21.8 Å². The molecule has 0 atom stereocenters. The second-order valence-corrected chi connectivity index (χ2v) is 8.35. The van der Waals surface area contributed by atoms with Crippen LogP contribution in [0.4, 0.5) is 5.69 Å². The molecule has 1 N–H and O–H groups in total. The lowest BCUT2D eigenvalue weighted by molar-refractivity contribution is 0.0951. The average Bonchev–Trinajstić information content (AvgIpc) is 3.13. The highest BCUT2D eigenvalue weighted by Crippen LogP contribution is 2.32. The van der Waals surface area contributed by atoms with E-state index in [1.807, 2.05) is 12.1 Å². The number of hydrogen-bond donors (Lipinski definition) is 1. The van der Waals surface area contributed by atoms with Gasteiger partial charge in [0.15, 0.2) is 11.5 Å². The van der Waals surface area contributed by atoms with Crippen molar-refractivity contribution in [2.24, 2.45) is 0 Å². The van der Waals surface area contributed by atoms with Gasteiger partial charge in [-0.05, 0) is 42.0 Å². The number of amides is 1. The summed E-state index contributed by atoms with van der Waals surface area (Å²) < 4.78 is 37.1. The molecular formula is C18H21N3O5S. The summed E-state index contributed by atoms with van der Waals surface area (Å²) in [4.78, 5) is 12.3. The van der Waals surface area contributed by atoms with Gasteiger partial charge in [-0.2, -0.15) is 12.7 Å². The van der Waals surface area contributed by atoms with Gasteiger partial charge < -0.3 is 14.8 Å². The van der Waals surface area contributed by atoms with Crippen molar-refractivity contribution in [2.45, 2.75) is 6.54 Å². The van der Waals surface area contributed by atoms with Gasteiger partial charge in [0.25, 0.3) is 5.91 Å². The molecule has 27 heavy (non-hydrogen) atoms. The molecule has 8 nitrogen and oxygen atoms in total. The number of benzene rings is 2. The molecule has 1 aliphatic rings. The van der Waals surface area contributed by atoms with Gasteiger partial charge in [-0.3, -0.25) is 9.10 Å². The molecule has 1 heterocycles. The van der Waals surface area contributed by atoms with Gasteiger partial charge in [-0.1, -0.05) is 6.07 Å². The van der Waals surface area contributed by atoms with E-state index in [4.69, 9.17) is 9.47 Å². The van der Waals surface area contributed by atoms with Crippen LogP contribution in [0.5, 0.6) is 11.5 Å². The zero-order valence-corrected chi connectivity index (χ0v) is 16.1. The minimum Gasteiger partial charge on any atom is -0.454 e. The molecule has 0 spiro atoms. The van der Waals surface area contributed by atoms with Crippen molar-refractivity contribution in [1.29, 1.82) is 0 Å². The number of carbonyl (C=O) groups excluding carboxylic acids is 1. The fourth-order valence-corrected chi connectivity index (χ4v) is 3.41. The van der Waals surface area contributed by atoms with E-state index in [1.54, 1.807) is 30.3 Å². The molecule has 1 aliphatic heterocycles. The van der Waals surface area contributed by atoms with Crippen LogP contribution in [0.2, 0.25) is 0 Å². The minimum atomic E-state index is -3.57. The van der Waals surface area contributed by atoms with Gasteiger partial charge in [0.1, 0.15) is 0 Å². The van der Waals surface area contributed by atoms with E-state index >= 15 is 0 Å². The van der Waals surface area contributed by atoms with Gasteiger partial charge in [-0.15, -0.1) is 0 Å². The summed E-state index contributed by atoms with van der Waals surface area (Å²) in [6, 6.07) is 11.9. The number of carbonyl (C=O) groups is 1. The Morgan fingerprint density at radius 2 is 1.70 bits per heavy atom. The molecule has 3 rings (SSSR count). The van der Waals surface area contributed by atoms with Crippen LogP contribution < -0.4 is 19.1 Å². The van der Waals surface area contributed by atoms with Crippen molar-refractivity contribution in [3.05, 3.63) is 53.6 Å². The Labute approximate surface area is 158 Å². The predicted octanol–water partition coefficient (Wildman–Crippen LogP) is 1.59. The molecule has 2 aromatic carbocycles. The van der Waals surface area contributed by atoms with Gasteiger partial charge in [-0.25, -0.2) is 0 Å². The Hall–Kier alpha value is -2.78. The number of ether oxygens (including phenoxy) is 2. The minimum absolute atomic E-state index is 0.204. The molecule has 0 saturated carbocycles. The second kappa shape index (κ2) is 7.45. The van der Waals surface area contributed by atoms with Crippen LogP contribution in [0, 0.1) is 0 Å². The number of fused-ring (bicyclic) bond motifs is 1. The first-order valence-electron chi connectivity index (χ1n) is 8.22. The fraction of sp³-hybridized carbons (Fsp3) is 0.278. The monoisotopic (exact) mass is 391 g/mol. The zero-order valence-electron chi connectivity index (χ0n) is 15.3. The number of nitrogens with zero attached hydrogens (tertiary/aromatic N) is 2. The van der Waals surface area contributed by atoms with E-state index in [9.17, 15) is 13.2 Å². The van der Waals surface area contributed by atoms with E-state index in [0.717, 1.165) is 14.2 Å². The number of rotatable bonds is 6. The largest absolute Gasteiger partial charge is 0.454 e. The molecule has 0 fully saturated rings. The summed E-state index contributed by atoms with van der Waals surface area (Å²) in [5.41, 5.74) is 1.80. The van der Waals surface area contributed by atoms with E-state index in [2.05, 4.69) is 5.32 Å². The van der Waals surface area contributed by atoms with Crippen molar-refractivity contribution < 1.29 is 22.7 Å². The molecular weight excluding hydrogens is 370 g/mol. The van der Waals surface area contributed by atoms with Crippen LogP contribution in [-0.2, 0) is 16.8 Å². The van der Waals surface area contributed by atoms with Crippen molar-refractivity contribution in [1.82, 2.24) is 9.62 Å². The Morgan fingerprint density at radius 1 is 1.04 bits per heavy atom. The van der Waals surface area contributed by atoms with Gasteiger partial charge in [0.2, 0.25) is 6.79 Å². The normalized spacial score (nSPS) is 12.9. The lowest BCUT2D eigenvalue weighted by Crippen LogP contribution is -2.37. The molecule has 0 radical (unpaired) electrons. The quantitative estimate of drug-likeness (QED) is 0.808. The van der Waals surface area contributed by atoms with Gasteiger partial charge >= 0.3 is 10.2 Å². The topological polar surface area (TPSA) is 88.2 Å². The molecule has 0 unspecified atom stereocenters. The van der Waals surface area contributed by atoms with E-state index < -0.39 is 10.2 Å². The molecule has 1 amide bonds. The fourth-order valence-electron chi connectivity index (χ4n) is 2.54. The molecule has 0 saturated heterocycles. The van der Waals surface area contributed by atoms with E-state index in [-0.39, 0.29) is 12.7 Å². The number of hydrogen-bond acceptors (Lipinski definition) is 5. The molecule has 144 valence electrons. The maximum Gasteiger partial charge on any atom is 0.303 e. The van der Waals surface area contributed by atoms with Gasteiger partial charge in [0, 0.05) is 33.3 Å². The molecule has 0 aliphatic carbocycles. The summed E-state index contributed by atoms with van der Waals surface area (Å²) in [6.45, 7) is 0.543. The summed E-state index contributed by atoms with van der Waals surface area (Å²) in [6.07, 6.45) is 0. The third kappa shape index (κ3) is 3.99. The van der Waals surface area contributed by atoms with Crippen molar-refractivity contribution in [3.8, 4) is 11.5 Å². The third-order valence-corrected chi connectivity index (χ3v) is 6.02. The van der Waals surface area contributed by atoms with Crippen LogP contribution >= 0.6 is 0 Å². The molecule has 9 heteroatoms. The summed E-state index contributed by atoms with van der Waals surface area (Å²) >= 11 is 0. The lowest BCUT2D eigenvalue weighted by atomic mass is 10.1. The van der Waals surface area contributed by atoms with Crippen molar-refractivity contribution in [2.75, 3.05) is 32.2 Å². The number of nitrogens with one attached hydrogen (secondary N) is 1. The highest BCUT2D eigenvalue weighted by molar-refractivity contribution is 7.90. The van der Waals surface area contributed by atoms with Crippen LogP contribution in [0.15, 0.2) is 42.5 Å². The van der Waals surface area contributed by atoms with E-state index in [0.29, 0.717) is 29.3 Å². The zero-order chi connectivity index (χ0) is 19.6. The Bertz CT molecular complexity index is 942. The molecule has 2 aromatic rings. The maximum atomic E-state index is 12.3. The summed E-state index contributed by atoms with van der Waals surface area (Å²) in [5.74, 6) is 1.10. The highest BCUT2D eigenvalue weighted by Gasteiger charge is 2.21. The van der Waals surface area contributed by atoms with Crippen molar-refractivity contribution in [3.63, 3.8) is 0 Å².